The van der Waals surface area contributed by atoms with Gasteiger partial charge in [0.15, 0.2) is 11.6 Å². The smallest absolute Gasteiger partial charge is 0.165 e. The van der Waals surface area contributed by atoms with E-state index in [0.717, 1.165) is 6.42 Å². The largest absolute Gasteiger partial charge is 0.491 e. The molecule has 0 spiro atoms. The molecule has 0 aliphatic heterocycles. The molecule has 0 saturated carbocycles. The summed E-state index contributed by atoms with van der Waals surface area (Å²) in [7, 11) is 0. The maximum atomic E-state index is 13.3. The first kappa shape index (κ1) is 12.7. The first-order chi connectivity index (χ1) is 8.21. The van der Waals surface area contributed by atoms with Crippen LogP contribution in [0, 0.1) is 28.5 Å². The molecular formula is C13H11FN2O. The zero-order valence-corrected chi connectivity index (χ0v) is 9.40. The first-order valence-corrected chi connectivity index (χ1v) is 5.15. The second kappa shape index (κ2) is 6.30. The Morgan fingerprint density at radius 1 is 1.41 bits per heavy atom. The van der Waals surface area contributed by atoms with E-state index < -0.39 is 5.82 Å². The molecule has 0 N–H and O–H groups in total. The lowest BCUT2D eigenvalue weighted by atomic mass is 10.1. The molecule has 0 aliphatic carbocycles. The number of ether oxygens (including phenoxy) is 1. The number of hydrogen-bond donors (Lipinski definition) is 0. The predicted molar refractivity (Wildman–Crippen MR) is 61.4 cm³/mol. The summed E-state index contributed by atoms with van der Waals surface area (Å²) in [5.41, 5.74) is 0.536. The van der Waals surface area contributed by atoms with E-state index in [4.69, 9.17) is 15.3 Å². The average molecular weight is 230 g/mol. The summed E-state index contributed by atoms with van der Waals surface area (Å²) in [4.78, 5) is 0. The van der Waals surface area contributed by atoms with Gasteiger partial charge in [-0.1, -0.05) is 13.0 Å². The SMILES string of the molecule is CCCOc1cc(C=C(C#N)C#N)ccc1F. The van der Waals surface area contributed by atoms with Gasteiger partial charge in [-0.25, -0.2) is 4.39 Å². The van der Waals surface area contributed by atoms with Crippen LogP contribution in [-0.4, -0.2) is 6.61 Å². The minimum absolute atomic E-state index is 0.0296. The van der Waals surface area contributed by atoms with Gasteiger partial charge in [0.2, 0.25) is 0 Å². The number of nitrogens with zero attached hydrogens (tertiary/aromatic N) is 2. The summed E-state index contributed by atoms with van der Waals surface area (Å²) in [6.07, 6.45) is 2.17. The molecule has 0 heterocycles. The van der Waals surface area contributed by atoms with Gasteiger partial charge in [-0.15, -0.1) is 0 Å². The highest BCUT2D eigenvalue weighted by Gasteiger charge is 2.04. The summed E-state index contributed by atoms with van der Waals surface area (Å²) in [6, 6.07) is 7.70. The minimum atomic E-state index is -0.453. The van der Waals surface area contributed by atoms with Crippen LogP contribution in [0.3, 0.4) is 0 Å². The second-order valence-corrected chi connectivity index (χ2v) is 3.32. The van der Waals surface area contributed by atoms with Crippen molar-refractivity contribution in [1.82, 2.24) is 0 Å². The van der Waals surface area contributed by atoms with Crippen LogP contribution in [0.2, 0.25) is 0 Å². The average Bonchev–Trinajstić information content (AvgIpc) is 2.36. The molecule has 0 fully saturated rings. The Morgan fingerprint density at radius 3 is 2.71 bits per heavy atom. The van der Waals surface area contributed by atoms with Gasteiger partial charge in [-0.2, -0.15) is 10.5 Å². The third kappa shape index (κ3) is 3.62. The van der Waals surface area contributed by atoms with Gasteiger partial charge >= 0.3 is 0 Å². The molecule has 0 aromatic heterocycles. The van der Waals surface area contributed by atoms with E-state index in [9.17, 15) is 4.39 Å². The number of allylic oxidation sites excluding steroid dienone is 1. The van der Waals surface area contributed by atoms with Crippen LogP contribution in [0.15, 0.2) is 23.8 Å². The Hall–Kier alpha value is -2.33. The molecule has 0 amide bonds. The van der Waals surface area contributed by atoms with E-state index in [2.05, 4.69) is 0 Å². The maximum Gasteiger partial charge on any atom is 0.165 e. The Balaban J connectivity index is 3.01. The summed E-state index contributed by atoms with van der Waals surface area (Å²) < 4.78 is 18.5. The van der Waals surface area contributed by atoms with E-state index in [1.165, 1.54) is 24.3 Å². The fourth-order valence-electron chi connectivity index (χ4n) is 1.19. The highest BCUT2D eigenvalue weighted by atomic mass is 19.1. The van der Waals surface area contributed by atoms with Crippen molar-refractivity contribution in [2.24, 2.45) is 0 Å². The molecule has 1 aromatic rings. The molecule has 0 bridgehead atoms. The fraction of sp³-hybridized carbons (Fsp3) is 0.231. The highest BCUT2D eigenvalue weighted by Crippen LogP contribution is 2.20. The predicted octanol–water partition coefficient (Wildman–Crippen LogP) is 3.05. The number of halogens is 1. The minimum Gasteiger partial charge on any atom is -0.491 e. The summed E-state index contributed by atoms with van der Waals surface area (Å²) in [5, 5.41) is 17.2. The molecule has 3 nitrogen and oxygen atoms in total. The van der Waals surface area contributed by atoms with E-state index in [1.54, 1.807) is 12.1 Å². The van der Waals surface area contributed by atoms with Crippen LogP contribution < -0.4 is 4.74 Å². The van der Waals surface area contributed by atoms with Gasteiger partial charge in [-0.05, 0) is 30.2 Å². The van der Waals surface area contributed by atoms with E-state index in [-0.39, 0.29) is 11.3 Å². The zero-order valence-electron chi connectivity index (χ0n) is 9.40. The molecule has 86 valence electrons. The monoisotopic (exact) mass is 230 g/mol. The number of hydrogen-bond acceptors (Lipinski definition) is 3. The van der Waals surface area contributed by atoms with Gasteiger partial charge in [0.25, 0.3) is 0 Å². The van der Waals surface area contributed by atoms with Crippen molar-refractivity contribution < 1.29 is 9.13 Å². The highest BCUT2D eigenvalue weighted by molar-refractivity contribution is 5.62. The molecule has 0 saturated heterocycles. The lowest BCUT2D eigenvalue weighted by molar-refractivity contribution is 0.301. The van der Waals surface area contributed by atoms with Crippen LogP contribution >= 0.6 is 0 Å². The molecule has 1 rings (SSSR count). The fourth-order valence-corrected chi connectivity index (χ4v) is 1.19. The van der Waals surface area contributed by atoms with Gasteiger partial charge < -0.3 is 4.74 Å². The van der Waals surface area contributed by atoms with Crippen molar-refractivity contribution in [3.8, 4) is 17.9 Å². The summed E-state index contributed by atoms with van der Waals surface area (Å²) in [5.74, 6) is -0.318. The lowest BCUT2D eigenvalue weighted by Crippen LogP contribution is -1.97. The van der Waals surface area contributed by atoms with Gasteiger partial charge in [0, 0.05) is 0 Å². The Morgan fingerprint density at radius 2 is 2.12 bits per heavy atom. The molecule has 0 radical (unpaired) electrons. The third-order valence-corrected chi connectivity index (χ3v) is 1.97. The van der Waals surface area contributed by atoms with Crippen LogP contribution in [0.1, 0.15) is 18.9 Å². The lowest BCUT2D eigenvalue weighted by Gasteiger charge is -2.06. The Labute approximate surface area is 99.4 Å². The summed E-state index contributed by atoms with van der Waals surface area (Å²) >= 11 is 0. The van der Waals surface area contributed by atoms with Crippen molar-refractivity contribution in [2.45, 2.75) is 13.3 Å². The molecule has 4 heteroatoms. The molecule has 0 atom stereocenters. The quantitative estimate of drug-likeness (QED) is 0.747. The Kier molecular flexibility index (Phi) is 4.72. The van der Waals surface area contributed by atoms with Crippen molar-refractivity contribution >= 4 is 6.08 Å². The third-order valence-electron chi connectivity index (χ3n) is 1.97. The van der Waals surface area contributed by atoms with Crippen molar-refractivity contribution in [1.29, 1.82) is 10.5 Å². The number of benzene rings is 1. The first-order valence-electron chi connectivity index (χ1n) is 5.15. The molecule has 17 heavy (non-hydrogen) atoms. The number of rotatable bonds is 4. The molecule has 0 unspecified atom stereocenters. The van der Waals surface area contributed by atoms with Crippen molar-refractivity contribution in [2.75, 3.05) is 6.61 Å². The van der Waals surface area contributed by atoms with E-state index in [0.29, 0.717) is 12.2 Å². The Bertz CT molecular complexity index is 493. The topological polar surface area (TPSA) is 56.8 Å². The van der Waals surface area contributed by atoms with E-state index >= 15 is 0 Å². The van der Waals surface area contributed by atoms with Crippen molar-refractivity contribution in [3.63, 3.8) is 0 Å². The normalized spacial score (nSPS) is 8.94. The molecular weight excluding hydrogens is 219 g/mol. The second-order valence-electron chi connectivity index (χ2n) is 3.32. The number of nitriles is 2. The molecule has 0 aliphatic rings. The van der Waals surface area contributed by atoms with Gasteiger partial charge in [0.1, 0.15) is 17.7 Å². The van der Waals surface area contributed by atoms with Crippen LogP contribution in [0.4, 0.5) is 4.39 Å². The van der Waals surface area contributed by atoms with Crippen LogP contribution in [0.5, 0.6) is 5.75 Å². The van der Waals surface area contributed by atoms with Gasteiger partial charge in [0.05, 0.1) is 6.61 Å². The maximum absolute atomic E-state index is 13.3. The van der Waals surface area contributed by atoms with Crippen molar-refractivity contribution in [3.05, 3.63) is 35.2 Å². The zero-order chi connectivity index (χ0) is 12.7. The van der Waals surface area contributed by atoms with Gasteiger partial charge in [-0.3, -0.25) is 0 Å². The van der Waals surface area contributed by atoms with Crippen LogP contribution in [-0.2, 0) is 0 Å². The standard InChI is InChI=1S/C13H11FN2O/c1-2-5-17-13-7-10(3-4-12(13)14)6-11(8-15)9-16/h3-4,6-7H,2,5H2,1H3. The van der Waals surface area contributed by atoms with Crippen LogP contribution in [0.25, 0.3) is 6.08 Å². The summed E-state index contributed by atoms with van der Waals surface area (Å²) in [6.45, 7) is 2.35. The molecule has 1 aromatic carbocycles. The van der Waals surface area contributed by atoms with E-state index in [1.807, 2.05) is 6.92 Å².